The Morgan fingerprint density at radius 1 is 1.12 bits per heavy atom. The van der Waals surface area contributed by atoms with Crippen LogP contribution < -0.4 is 16.4 Å². The number of amides is 3. The van der Waals surface area contributed by atoms with Crippen molar-refractivity contribution in [3.8, 4) is 0 Å². The summed E-state index contributed by atoms with van der Waals surface area (Å²) in [6, 6.07) is 6.59. The minimum Gasteiger partial charge on any atom is -0.459 e. The summed E-state index contributed by atoms with van der Waals surface area (Å²) in [5, 5.41) is 16.9. The summed E-state index contributed by atoms with van der Waals surface area (Å²) in [6.07, 6.45) is 8.11. The van der Waals surface area contributed by atoms with Crippen LogP contribution in [0.3, 0.4) is 0 Å². The number of hydrogen-bond donors (Lipinski definition) is 4. The number of aliphatic hydroxyl groups is 1. The molecule has 1 aromatic rings. The topological polar surface area (TPSA) is 179 Å². The van der Waals surface area contributed by atoms with E-state index in [0.29, 0.717) is 31.6 Å². The van der Waals surface area contributed by atoms with Gasteiger partial charge >= 0.3 is 5.97 Å². The molecule has 3 aliphatic rings. The van der Waals surface area contributed by atoms with Crippen LogP contribution in [-0.2, 0) is 39.9 Å². The van der Waals surface area contributed by atoms with Crippen molar-refractivity contribution in [2.45, 2.75) is 115 Å². The molecule has 3 aliphatic heterocycles. The Kier molecular flexibility index (Phi) is 12.7. The lowest BCUT2D eigenvalue weighted by atomic mass is 9.87. The molecule has 0 bridgehead atoms. The summed E-state index contributed by atoms with van der Waals surface area (Å²) in [4.78, 5) is 47.5. The monoisotopic (exact) mass is 667 g/mol. The molecule has 262 valence electrons. The molecule has 0 aliphatic carbocycles. The van der Waals surface area contributed by atoms with Crippen LogP contribution in [0, 0.1) is 5.92 Å². The lowest BCUT2D eigenvalue weighted by molar-refractivity contribution is -0.145. The Hall–Kier alpha value is -3.84. The number of primary amides is 1. The number of hydrogen-bond acceptors (Lipinski definition) is 9. The standard InChI is InChI=1S/C36H49N3O9/c1-21(6-13-30-22(2)16-29(24(4)47-30)39-32(41)15-8-23(3)46-25(5)40)7-14-31-34(43)36(20-45-36)18-28(48-31)17-33(42)38-19-26-9-11-27(12-10-26)35(37)44/h6-12,14-15,22-24,28-31,34,43H,13,16-20H2,1-5H3,(H2,37,44)(H,38,42)(H,39,41)/b14-7+,15-8-,21-6+/t22-,23-,24+,28+,29+,30-,31+,34+,36+/m0/s1. The van der Waals surface area contributed by atoms with Crippen molar-refractivity contribution < 1.29 is 43.2 Å². The number of carbonyl (C=O) groups excluding carboxylic acids is 4. The summed E-state index contributed by atoms with van der Waals surface area (Å²) in [7, 11) is 0. The van der Waals surface area contributed by atoms with E-state index in [2.05, 4.69) is 23.6 Å². The molecule has 0 unspecified atom stereocenters. The second-order valence-corrected chi connectivity index (χ2v) is 13.2. The van der Waals surface area contributed by atoms with Gasteiger partial charge in [-0.05, 0) is 63.3 Å². The van der Waals surface area contributed by atoms with E-state index < -0.39 is 41.9 Å². The van der Waals surface area contributed by atoms with E-state index in [-0.39, 0.29) is 42.4 Å². The summed E-state index contributed by atoms with van der Waals surface area (Å²) >= 11 is 0. The highest BCUT2D eigenvalue weighted by Crippen LogP contribution is 2.43. The van der Waals surface area contributed by atoms with E-state index in [1.165, 1.54) is 13.0 Å². The number of allylic oxidation sites excluding steroid dienone is 2. The second-order valence-electron chi connectivity index (χ2n) is 13.2. The predicted molar refractivity (Wildman–Crippen MR) is 177 cm³/mol. The van der Waals surface area contributed by atoms with E-state index in [4.69, 9.17) is 24.7 Å². The molecule has 5 N–H and O–H groups in total. The highest BCUT2D eigenvalue weighted by molar-refractivity contribution is 5.92. The van der Waals surface area contributed by atoms with E-state index in [0.717, 1.165) is 17.6 Å². The number of nitrogens with one attached hydrogen (secondary N) is 2. The van der Waals surface area contributed by atoms with Gasteiger partial charge < -0.3 is 40.4 Å². The summed E-state index contributed by atoms with van der Waals surface area (Å²) < 4.78 is 23.1. The van der Waals surface area contributed by atoms with Gasteiger partial charge in [-0.1, -0.05) is 42.9 Å². The molecule has 9 atom stereocenters. The maximum atomic E-state index is 12.7. The first kappa shape index (κ1) is 37.0. The van der Waals surface area contributed by atoms with Crippen molar-refractivity contribution in [1.29, 1.82) is 0 Å². The molecule has 0 saturated carbocycles. The van der Waals surface area contributed by atoms with E-state index in [9.17, 15) is 24.3 Å². The van der Waals surface area contributed by atoms with Gasteiger partial charge in [0.05, 0.1) is 37.4 Å². The highest BCUT2D eigenvalue weighted by atomic mass is 16.6. The molecule has 4 rings (SSSR count). The number of ether oxygens (including phenoxy) is 4. The maximum absolute atomic E-state index is 12.7. The van der Waals surface area contributed by atoms with Crippen LogP contribution in [0.5, 0.6) is 0 Å². The minimum atomic E-state index is -0.848. The molecule has 1 aromatic carbocycles. The van der Waals surface area contributed by atoms with Gasteiger partial charge in [0.1, 0.15) is 23.9 Å². The fourth-order valence-electron chi connectivity index (χ4n) is 6.15. The molecule has 3 fully saturated rings. The van der Waals surface area contributed by atoms with Gasteiger partial charge in [0.15, 0.2) is 0 Å². The average Bonchev–Trinajstić information content (AvgIpc) is 3.80. The van der Waals surface area contributed by atoms with Gasteiger partial charge in [0, 0.05) is 31.5 Å². The zero-order chi connectivity index (χ0) is 35.0. The van der Waals surface area contributed by atoms with E-state index >= 15 is 0 Å². The Labute approximate surface area is 282 Å². The van der Waals surface area contributed by atoms with Crippen molar-refractivity contribution in [3.05, 3.63) is 71.3 Å². The smallest absolute Gasteiger partial charge is 0.303 e. The first-order chi connectivity index (χ1) is 22.7. The molecule has 12 nitrogen and oxygen atoms in total. The largest absolute Gasteiger partial charge is 0.459 e. The molecule has 3 saturated heterocycles. The average molecular weight is 668 g/mol. The Morgan fingerprint density at radius 2 is 1.83 bits per heavy atom. The Bertz CT molecular complexity index is 1400. The van der Waals surface area contributed by atoms with Crippen molar-refractivity contribution in [2.24, 2.45) is 11.7 Å². The predicted octanol–water partition coefficient (Wildman–Crippen LogP) is 2.78. The Morgan fingerprint density at radius 3 is 2.48 bits per heavy atom. The van der Waals surface area contributed by atoms with Gasteiger partial charge in [-0.2, -0.15) is 0 Å². The van der Waals surface area contributed by atoms with Crippen LogP contribution >= 0.6 is 0 Å². The molecular formula is C36H49N3O9. The quantitative estimate of drug-likeness (QED) is 0.107. The van der Waals surface area contributed by atoms with Gasteiger partial charge in [0.25, 0.3) is 0 Å². The fourth-order valence-corrected chi connectivity index (χ4v) is 6.15. The van der Waals surface area contributed by atoms with E-state index in [1.807, 2.05) is 26.0 Å². The zero-order valence-corrected chi connectivity index (χ0v) is 28.3. The number of rotatable bonds is 13. The van der Waals surface area contributed by atoms with Crippen LogP contribution in [0.1, 0.15) is 76.2 Å². The molecule has 0 radical (unpaired) electrons. The number of aliphatic hydroxyl groups excluding tert-OH is 1. The lowest BCUT2D eigenvalue weighted by Crippen LogP contribution is -2.50. The zero-order valence-electron chi connectivity index (χ0n) is 28.3. The number of carbonyl (C=O) groups is 4. The molecule has 48 heavy (non-hydrogen) atoms. The van der Waals surface area contributed by atoms with Gasteiger partial charge in [-0.15, -0.1) is 0 Å². The van der Waals surface area contributed by atoms with Crippen LogP contribution in [0.25, 0.3) is 0 Å². The van der Waals surface area contributed by atoms with Crippen LogP contribution in [0.15, 0.2) is 60.2 Å². The number of benzene rings is 1. The third-order valence-corrected chi connectivity index (χ3v) is 9.06. The second kappa shape index (κ2) is 16.5. The van der Waals surface area contributed by atoms with Crippen molar-refractivity contribution in [2.75, 3.05) is 6.61 Å². The van der Waals surface area contributed by atoms with Crippen molar-refractivity contribution in [3.63, 3.8) is 0 Å². The van der Waals surface area contributed by atoms with Gasteiger partial charge in [-0.25, -0.2) is 0 Å². The summed E-state index contributed by atoms with van der Waals surface area (Å²) in [5.41, 5.74) is 6.80. The molecule has 3 amide bonds. The van der Waals surface area contributed by atoms with Gasteiger partial charge in [-0.3, -0.25) is 19.2 Å². The van der Waals surface area contributed by atoms with Crippen molar-refractivity contribution >= 4 is 23.7 Å². The minimum absolute atomic E-state index is 0.0281. The molecular weight excluding hydrogens is 618 g/mol. The molecule has 0 aromatic heterocycles. The Balaban J connectivity index is 1.25. The van der Waals surface area contributed by atoms with Crippen molar-refractivity contribution in [1.82, 2.24) is 10.6 Å². The highest BCUT2D eigenvalue weighted by Gasteiger charge is 2.58. The summed E-state index contributed by atoms with van der Waals surface area (Å²) in [5.74, 6) is -1.16. The third kappa shape index (κ3) is 10.6. The normalized spacial score (nSPS) is 31.0. The third-order valence-electron chi connectivity index (χ3n) is 9.06. The lowest BCUT2D eigenvalue weighted by Gasteiger charge is -2.39. The van der Waals surface area contributed by atoms with Crippen LogP contribution in [0.4, 0.5) is 0 Å². The molecule has 1 spiro atoms. The maximum Gasteiger partial charge on any atom is 0.303 e. The van der Waals surface area contributed by atoms with Gasteiger partial charge in [0.2, 0.25) is 17.7 Å². The number of nitrogens with two attached hydrogens (primary N) is 1. The number of esters is 1. The molecule has 3 heterocycles. The molecule has 12 heteroatoms. The van der Waals surface area contributed by atoms with E-state index in [1.54, 1.807) is 37.3 Å². The summed E-state index contributed by atoms with van der Waals surface area (Å²) in [6.45, 7) is 9.75. The SMILES string of the molecule is CC(=O)O[C@@H](C)/C=C\C(=O)N[C@@H]1C[C@H](C)[C@H](C/C=C(C)/C=C/[C@H]2O[C@H](CC(=O)NCc3ccc(C(N)=O)cc3)C[C@@]3(CO3)[C@@H]2O)O[C@@H]1C. The number of epoxide rings is 1. The fraction of sp³-hybridized carbons (Fsp3) is 0.556. The first-order valence-electron chi connectivity index (χ1n) is 16.5. The van der Waals surface area contributed by atoms with Crippen LogP contribution in [-0.4, -0.2) is 83.7 Å². The first-order valence-corrected chi connectivity index (χ1v) is 16.5. The van der Waals surface area contributed by atoms with Crippen LogP contribution in [0.2, 0.25) is 0 Å².